The van der Waals surface area contributed by atoms with E-state index in [2.05, 4.69) is 78.0 Å². The number of aromatic amines is 1. The first kappa shape index (κ1) is 37.2. The maximum absolute atomic E-state index is 13.5. The lowest BCUT2D eigenvalue weighted by molar-refractivity contribution is -0.183. The molecule has 3 heterocycles. The van der Waals surface area contributed by atoms with Crippen LogP contribution in [0.2, 0.25) is 36.3 Å². The average Bonchev–Trinajstić information content (AvgIpc) is 3.28. The molecular weight excluding hydrogens is 639 g/mol. The summed E-state index contributed by atoms with van der Waals surface area (Å²) in [4.78, 5) is 40.7. The van der Waals surface area contributed by atoms with Crippen LogP contribution in [0.1, 0.15) is 58.9 Å². The largest absolute Gasteiger partial charge is 0.445 e. The highest BCUT2D eigenvalue weighted by molar-refractivity contribution is 6.74. The van der Waals surface area contributed by atoms with Crippen molar-refractivity contribution in [1.82, 2.24) is 14.9 Å². The Kier molecular flexibility index (Phi) is 10.9. The number of aliphatic hydroxyl groups is 1. The molecule has 0 radical (unpaired) electrons. The highest BCUT2D eigenvalue weighted by atomic mass is 28.4. The zero-order valence-electron chi connectivity index (χ0n) is 29.6. The van der Waals surface area contributed by atoms with Gasteiger partial charge in [0.25, 0.3) is 5.56 Å². The molecule has 0 aliphatic carbocycles. The maximum atomic E-state index is 13.5. The molecule has 2 aliphatic rings. The van der Waals surface area contributed by atoms with Gasteiger partial charge < -0.3 is 33.5 Å². The van der Waals surface area contributed by atoms with Gasteiger partial charge in [0.15, 0.2) is 22.9 Å². The van der Waals surface area contributed by atoms with Crippen LogP contribution >= 0.6 is 0 Å². The van der Waals surface area contributed by atoms with Crippen molar-refractivity contribution in [3.63, 3.8) is 0 Å². The summed E-state index contributed by atoms with van der Waals surface area (Å²) in [6.45, 7) is 23.1. The molecule has 3 N–H and O–H groups in total. The maximum Gasteiger partial charge on any atom is 0.407 e. The summed E-state index contributed by atoms with van der Waals surface area (Å²) in [6.07, 6.45) is -5.21. The van der Waals surface area contributed by atoms with Gasteiger partial charge in [0.05, 0.1) is 18.8 Å². The summed E-state index contributed by atoms with van der Waals surface area (Å²) in [5, 5.41) is 14.4. The number of carbonyl (C=O) groups is 1. The molecule has 0 spiro atoms. The lowest BCUT2D eigenvalue weighted by Crippen LogP contribution is -2.68. The quantitative estimate of drug-likeness (QED) is 0.321. The van der Waals surface area contributed by atoms with Gasteiger partial charge in [0.1, 0.15) is 31.0 Å². The smallest absolute Gasteiger partial charge is 0.407 e. The number of fused-ring (bicyclic) bond motifs is 1. The third-order valence-corrected chi connectivity index (χ3v) is 19.2. The monoisotopic (exact) mass is 691 g/mol. The van der Waals surface area contributed by atoms with E-state index in [1.54, 1.807) is 6.92 Å². The Bertz CT molecular complexity index is 1510. The number of hydrogen-bond acceptors (Lipinski definition) is 9. The molecule has 262 valence electrons. The number of amides is 1. The Morgan fingerprint density at radius 1 is 0.979 bits per heavy atom. The number of carbonyl (C=O) groups excluding carboxylic acids is 1. The van der Waals surface area contributed by atoms with Crippen molar-refractivity contribution in [3.8, 4) is 0 Å². The Morgan fingerprint density at radius 3 is 2.19 bits per heavy atom. The fourth-order valence-electron chi connectivity index (χ4n) is 5.20. The molecule has 2 fully saturated rings. The number of H-pyrrole nitrogens is 1. The summed E-state index contributed by atoms with van der Waals surface area (Å²) >= 11 is 0. The standard InChI is InChI=1S/C33H53N3O9Si2/c1-20-17-36(30(39)35-28(20)38)29-24(37)27-26(44-29)23(34-31(40)41-18-21-15-13-12-14-16-21)25(45-47(10,11)33(5,6)7)22(43-27)19-42-46(8,9)32(2,3)4/h12-17,22-27,29,37H,18-19H2,1-11H3,(H,34,40)(H,35,38,39)/t22-,23-,24-,25+,26-,27+,29-/m1/s1. The topological polar surface area (TPSA) is 150 Å². The van der Waals surface area contributed by atoms with Crippen molar-refractivity contribution in [3.05, 3.63) is 68.5 Å². The zero-order valence-corrected chi connectivity index (χ0v) is 31.6. The number of alkyl carbamates (subject to hydrolysis) is 1. The number of benzene rings is 1. The van der Waals surface area contributed by atoms with Crippen LogP contribution in [-0.2, 0) is 29.7 Å². The molecule has 1 aromatic carbocycles. The van der Waals surface area contributed by atoms with Gasteiger partial charge in [-0.25, -0.2) is 9.59 Å². The van der Waals surface area contributed by atoms with Gasteiger partial charge in [-0.15, -0.1) is 0 Å². The molecular formula is C33H53N3O9Si2. The van der Waals surface area contributed by atoms with E-state index in [-0.39, 0.29) is 28.9 Å². The first-order valence-electron chi connectivity index (χ1n) is 16.2. The minimum absolute atomic E-state index is 0.0494. The Labute approximate surface area is 279 Å². The van der Waals surface area contributed by atoms with Crippen LogP contribution in [0.5, 0.6) is 0 Å². The van der Waals surface area contributed by atoms with Crippen LogP contribution in [0.3, 0.4) is 0 Å². The van der Waals surface area contributed by atoms with Gasteiger partial charge >= 0.3 is 11.8 Å². The van der Waals surface area contributed by atoms with Crippen molar-refractivity contribution in [2.24, 2.45) is 0 Å². The van der Waals surface area contributed by atoms with Crippen LogP contribution in [-0.4, -0.2) is 80.6 Å². The molecule has 14 heteroatoms. The second-order valence-corrected chi connectivity index (χ2v) is 25.3. The van der Waals surface area contributed by atoms with Crippen molar-refractivity contribution in [2.75, 3.05) is 6.61 Å². The fraction of sp³-hybridized carbons (Fsp3) is 0.667. The molecule has 47 heavy (non-hydrogen) atoms. The number of rotatable bonds is 9. The molecule has 1 amide bonds. The van der Waals surface area contributed by atoms with E-state index in [0.717, 1.165) is 10.1 Å². The van der Waals surface area contributed by atoms with Crippen molar-refractivity contribution >= 4 is 22.7 Å². The van der Waals surface area contributed by atoms with Crippen LogP contribution < -0.4 is 16.6 Å². The van der Waals surface area contributed by atoms with Crippen molar-refractivity contribution in [2.45, 2.75) is 134 Å². The normalized spacial score (nSPS) is 26.9. The second-order valence-electron chi connectivity index (χ2n) is 15.7. The SMILES string of the molecule is Cc1cn([C@@H]2O[C@@H]3[C@H](NC(=O)OCc4ccccc4)[C@@H](O[Si](C)(C)C(C)(C)C)[C@@H](CO[Si](C)(C)C(C)(C)C)O[C@H]3[C@H]2O)c(=O)[nH]c1=O. The average molecular weight is 692 g/mol. The van der Waals surface area contributed by atoms with E-state index >= 15 is 0 Å². The molecule has 7 atom stereocenters. The number of aliphatic hydroxyl groups excluding tert-OH is 1. The molecule has 2 aromatic rings. The van der Waals surface area contributed by atoms with E-state index in [4.69, 9.17) is 23.1 Å². The van der Waals surface area contributed by atoms with E-state index < -0.39 is 76.8 Å². The number of nitrogens with zero attached hydrogens (tertiary/aromatic N) is 1. The Balaban J connectivity index is 1.75. The molecule has 2 saturated heterocycles. The highest BCUT2D eigenvalue weighted by Crippen LogP contribution is 2.44. The van der Waals surface area contributed by atoms with E-state index in [1.165, 1.54) is 6.20 Å². The third-order valence-electron chi connectivity index (χ3n) is 10.2. The van der Waals surface area contributed by atoms with Crippen molar-refractivity contribution < 1.29 is 33.0 Å². The van der Waals surface area contributed by atoms with Crippen LogP contribution in [0.4, 0.5) is 4.79 Å². The molecule has 1 aromatic heterocycles. The first-order valence-corrected chi connectivity index (χ1v) is 22.0. The number of aromatic nitrogens is 2. The molecule has 0 unspecified atom stereocenters. The number of hydrogen-bond donors (Lipinski definition) is 3. The van der Waals surface area contributed by atoms with Crippen LogP contribution in [0.15, 0.2) is 46.1 Å². The summed E-state index contributed by atoms with van der Waals surface area (Å²) in [5.41, 5.74) is -0.168. The zero-order chi connectivity index (χ0) is 35.1. The number of nitrogens with one attached hydrogen (secondary N) is 2. The highest BCUT2D eigenvalue weighted by Gasteiger charge is 2.59. The van der Waals surface area contributed by atoms with Crippen molar-refractivity contribution in [1.29, 1.82) is 0 Å². The summed E-state index contributed by atoms with van der Waals surface area (Å²) in [5.74, 6) is 0. The predicted molar refractivity (Wildman–Crippen MR) is 183 cm³/mol. The number of ether oxygens (including phenoxy) is 3. The first-order chi connectivity index (χ1) is 21.6. The van der Waals surface area contributed by atoms with Gasteiger partial charge in [-0.05, 0) is 48.8 Å². The molecule has 0 saturated carbocycles. The summed E-state index contributed by atoms with van der Waals surface area (Å²) < 4.78 is 33.5. The van der Waals surface area contributed by atoms with Gasteiger partial charge in [-0.1, -0.05) is 71.9 Å². The van der Waals surface area contributed by atoms with Crippen LogP contribution in [0, 0.1) is 6.92 Å². The lowest BCUT2D eigenvalue weighted by Gasteiger charge is -2.49. The fourth-order valence-corrected chi connectivity index (χ4v) is 7.54. The Morgan fingerprint density at radius 2 is 1.60 bits per heavy atom. The number of aryl methyl sites for hydroxylation is 1. The van der Waals surface area contributed by atoms with Gasteiger partial charge in [0, 0.05) is 11.8 Å². The minimum Gasteiger partial charge on any atom is -0.445 e. The van der Waals surface area contributed by atoms with E-state index in [1.807, 2.05) is 30.3 Å². The van der Waals surface area contributed by atoms with Gasteiger partial charge in [-0.2, -0.15) is 0 Å². The minimum atomic E-state index is -2.50. The second kappa shape index (κ2) is 13.7. The summed E-state index contributed by atoms with van der Waals surface area (Å²) in [6, 6.07) is 8.49. The van der Waals surface area contributed by atoms with E-state index in [9.17, 15) is 19.5 Å². The third kappa shape index (κ3) is 8.17. The Hall–Kier alpha value is -2.60. The lowest BCUT2D eigenvalue weighted by atomic mass is 9.91. The predicted octanol–water partition coefficient (Wildman–Crippen LogP) is 4.58. The molecule has 12 nitrogen and oxygen atoms in total. The van der Waals surface area contributed by atoms with Gasteiger partial charge in [0.2, 0.25) is 0 Å². The molecule has 2 aliphatic heterocycles. The van der Waals surface area contributed by atoms with Gasteiger partial charge in [-0.3, -0.25) is 14.3 Å². The summed E-state index contributed by atoms with van der Waals surface area (Å²) in [7, 11) is -4.77. The van der Waals surface area contributed by atoms with Crippen LogP contribution in [0.25, 0.3) is 0 Å². The molecule has 4 rings (SSSR count). The molecule has 0 bridgehead atoms. The van der Waals surface area contributed by atoms with E-state index in [0.29, 0.717) is 0 Å².